The van der Waals surface area contributed by atoms with Gasteiger partial charge in [-0.05, 0) is 127 Å². The van der Waals surface area contributed by atoms with Crippen LogP contribution < -0.4 is 0 Å². The summed E-state index contributed by atoms with van der Waals surface area (Å²) in [6.07, 6.45) is 57.6. The number of aromatic carboxylic acids is 2. The van der Waals surface area contributed by atoms with E-state index in [2.05, 4.69) is 55.4 Å². The Morgan fingerprint density at radius 2 is 0.455 bits per heavy atom. The Hall–Kier alpha value is -2.35. The fourth-order valence-corrected chi connectivity index (χ4v) is 12.4. The largest absolute Gasteiger partial charge is 0.478 e. The van der Waals surface area contributed by atoms with Crippen molar-refractivity contribution in [3.8, 4) is 0 Å². The monoisotopic (exact) mass is 1090 g/mol. The first-order valence-electron chi connectivity index (χ1n) is 33.6. The molecule has 0 spiro atoms. The molecule has 7 heteroatoms. The number of nitrogens with zero attached hydrogens (tertiary/aromatic N) is 2. The molecule has 2 N–H and O–H groups in total. The van der Waals surface area contributed by atoms with E-state index in [1.165, 1.54) is 330 Å². The highest BCUT2D eigenvalue weighted by Gasteiger charge is 2.27. The number of hydrogen-bond donors (Lipinski definition) is 2. The first kappa shape index (κ1) is 74.7. The molecule has 2 rings (SSSR count). The normalized spacial score (nSPS) is 11.5. The Bertz CT molecular complexity index is 1360. The van der Waals surface area contributed by atoms with Crippen LogP contribution >= 0.6 is 11.8 Å². The molecule has 2 aromatic carbocycles. The molecule has 0 atom stereocenters. The van der Waals surface area contributed by atoms with Crippen LogP contribution in [-0.2, 0) is 0 Å². The molecule has 0 heterocycles. The molecule has 0 saturated heterocycles. The van der Waals surface area contributed by atoms with Crippen LogP contribution in [0.3, 0.4) is 0 Å². The summed E-state index contributed by atoms with van der Waals surface area (Å²) < 4.78 is 2.94. The van der Waals surface area contributed by atoms with Gasteiger partial charge in [-0.25, -0.2) is 9.59 Å². The van der Waals surface area contributed by atoms with Crippen molar-refractivity contribution in [1.29, 1.82) is 0 Å². The van der Waals surface area contributed by atoms with E-state index in [1.807, 2.05) is 0 Å². The SMILES string of the molecule is CCCCCCC[N+](CCCCCCC)(CCCCCCC)CCCCCCC.CCCCCCC[N+](CCCCCCC)(CCCCCCC)CCCCCCC.O=C(O)c1ccccc1Sc1ccccc1C(=O)O. The first-order valence-corrected chi connectivity index (χ1v) is 34.4. The maximum atomic E-state index is 11.1. The van der Waals surface area contributed by atoms with Gasteiger partial charge in [-0.1, -0.05) is 246 Å². The predicted octanol–water partition coefficient (Wildman–Crippen LogP) is 22.6. The molecule has 6 nitrogen and oxygen atoms in total. The summed E-state index contributed by atoms with van der Waals surface area (Å²) in [5.74, 6) is -2.06. The van der Waals surface area contributed by atoms with Crippen molar-refractivity contribution >= 4 is 23.7 Å². The molecule has 0 amide bonds. The molecule has 0 fully saturated rings. The van der Waals surface area contributed by atoms with E-state index in [9.17, 15) is 9.59 Å². The summed E-state index contributed by atoms with van der Waals surface area (Å²) in [4.78, 5) is 23.2. The van der Waals surface area contributed by atoms with Gasteiger partial charge in [-0.3, -0.25) is 0 Å². The van der Waals surface area contributed by atoms with Gasteiger partial charge in [-0.2, -0.15) is 0 Å². The van der Waals surface area contributed by atoms with Crippen LogP contribution in [0.5, 0.6) is 0 Å². The smallest absolute Gasteiger partial charge is 0.336 e. The summed E-state index contributed by atoms with van der Waals surface area (Å²) in [5.41, 5.74) is 0.320. The van der Waals surface area contributed by atoms with Gasteiger partial charge in [0.25, 0.3) is 0 Å². The Morgan fingerprint density at radius 1 is 0.286 bits per heavy atom. The van der Waals surface area contributed by atoms with E-state index < -0.39 is 11.9 Å². The van der Waals surface area contributed by atoms with Gasteiger partial charge in [0, 0.05) is 9.79 Å². The van der Waals surface area contributed by atoms with Gasteiger partial charge in [0.1, 0.15) is 0 Å². The van der Waals surface area contributed by atoms with Crippen LogP contribution in [0.4, 0.5) is 0 Å². The summed E-state index contributed by atoms with van der Waals surface area (Å²) in [7, 11) is 0. The minimum Gasteiger partial charge on any atom is -0.478 e. The van der Waals surface area contributed by atoms with Crippen LogP contribution in [0.2, 0.25) is 0 Å². The van der Waals surface area contributed by atoms with Gasteiger partial charge < -0.3 is 19.2 Å². The fourth-order valence-electron chi connectivity index (χ4n) is 11.3. The van der Waals surface area contributed by atoms with Crippen molar-refractivity contribution in [2.24, 2.45) is 0 Å². The van der Waals surface area contributed by atoms with Gasteiger partial charge in [0.05, 0.1) is 63.5 Å². The zero-order chi connectivity index (χ0) is 56.8. The lowest BCUT2D eigenvalue weighted by Crippen LogP contribution is -2.50. The van der Waals surface area contributed by atoms with E-state index in [4.69, 9.17) is 10.2 Å². The highest BCUT2D eigenvalue weighted by atomic mass is 32.2. The minimum atomic E-state index is -1.03. The molecule has 0 bridgehead atoms. The molecular formula is C70H130N2O4S+2. The van der Waals surface area contributed by atoms with E-state index in [0.717, 1.165) is 11.8 Å². The zero-order valence-corrected chi connectivity index (χ0v) is 53.4. The predicted molar refractivity (Wildman–Crippen MR) is 340 cm³/mol. The van der Waals surface area contributed by atoms with Crippen LogP contribution in [-0.4, -0.2) is 83.5 Å². The average molecular weight is 1100 g/mol. The average Bonchev–Trinajstić information content (AvgIpc) is 3.43. The topological polar surface area (TPSA) is 74.6 Å². The molecule has 0 unspecified atom stereocenters. The summed E-state index contributed by atoms with van der Waals surface area (Å²) in [5, 5.41) is 18.2. The van der Waals surface area contributed by atoms with Crippen molar-refractivity contribution in [3.63, 3.8) is 0 Å². The number of hydrogen-bond acceptors (Lipinski definition) is 3. The third-order valence-electron chi connectivity index (χ3n) is 16.3. The molecule has 448 valence electrons. The summed E-state index contributed by atoms with van der Waals surface area (Å²) >= 11 is 1.14. The first-order chi connectivity index (χ1) is 37.6. The number of rotatable bonds is 52. The molecule has 0 aliphatic heterocycles. The second kappa shape index (κ2) is 54.2. The Morgan fingerprint density at radius 3 is 0.623 bits per heavy atom. The molecule has 0 aromatic heterocycles. The van der Waals surface area contributed by atoms with Gasteiger partial charge in [0.2, 0.25) is 0 Å². The zero-order valence-electron chi connectivity index (χ0n) is 52.6. The van der Waals surface area contributed by atoms with Crippen molar-refractivity contribution in [2.75, 3.05) is 52.4 Å². The van der Waals surface area contributed by atoms with Crippen molar-refractivity contribution in [1.82, 2.24) is 0 Å². The third-order valence-corrected chi connectivity index (χ3v) is 17.5. The number of carboxylic acid groups (broad SMARTS) is 2. The molecule has 0 aliphatic rings. The Balaban J connectivity index is 0.00000115. The number of quaternary nitrogens is 2. The Labute approximate surface area is 484 Å². The second-order valence-electron chi connectivity index (χ2n) is 23.5. The third kappa shape index (κ3) is 41.3. The van der Waals surface area contributed by atoms with Crippen LogP contribution in [0.1, 0.15) is 333 Å². The van der Waals surface area contributed by atoms with Gasteiger partial charge in [0.15, 0.2) is 0 Å². The molecule has 0 saturated carbocycles. The van der Waals surface area contributed by atoms with E-state index >= 15 is 0 Å². The lowest BCUT2D eigenvalue weighted by molar-refractivity contribution is -0.929. The number of benzene rings is 2. The quantitative estimate of drug-likeness (QED) is 0.0510. The molecule has 0 aliphatic carbocycles. The molecule has 2 aromatic rings. The highest BCUT2D eigenvalue weighted by molar-refractivity contribution is 7.99. The van der Waals surface area contributed by atoms with E-state index in [-0.39, 0.29) is 11.1 Å². The highest BCUT2D eigenvalue weighted by Crippen LogP contribution is 2.33. The van der Waals surface area contributed by atoms with Gasteiger partial charge in [-0.15, -0.1) is 0 Å². The number of carbonyl (C=O) groups is 2. The molecule has 0 radical (unpaired) electrons. The van der Waals surface area contributed by atoms with Crippen molar-refractivity contribution < 1.29 is 28.8 Å². The molecular weight excluding hydrogens is 965 g/mol. The maximum absolute atomic E-state index is 11.1. The van der Waals surface area contributed by atoms with Crippen molar-refractivity contribution in [2.45, 2.75) is 322 Å². The minimum absolute atomic E-state index is 0.160. The standard InChI is InChI=1S/2C28H60N.C14H10O4S/c2*1-5-9-13-17-21-25-29(26-22-18-14-10-6-2,27-23-19-15-11-7-3)28-24-20-16-12-8-4;15-13(16)9-5-1-3-7-11(9)19-12-8-4-2-6-10(12)14(17)18/h2*5-28H2,1-4H3;1-8H,(H,15,16)(H,17,18)/q2*+1;. The summed E-state index contributed by atoms with van der Waals surface area (Å²) in [6, 6.07) is 13.0. The maximum Gasteiger partial charge on any atom is 0.336 e. The number of carboxylic acids is 2. The summed E-state index contributed by atoms with van der Waals surface area (Å²) in [6.45, 7) is 30.5. The van der Waals surface area contributed by atoms with E-state index in [1.54, 1.807) is 36.4 Å². The number of unbranched alkanes of at least 4 members (excludes halogenated alkanes) is 32. The van der Waals surface area contributed by atoms with Crippen molar-refractivity contribution in [3.05, 3.63) is 59.7 Å². The fraction of sp³-hybridized carbons (Fsp3) is 0.800. The van der Waals surface area contributed by atoms with Crippen LogP contribution in [0, 0.1) is 0 Å². The molecule has 77 heavy (non-hydrogen) atoms. The second-order valence-corrected chi connectivity index (χ2v) is 24.6. The van der Waals surface area contributed by atoms with Crippen LogP contribution in [0.25, 0.3) is 0 Å². The lowest BCUT2D eigenvalue weighted by Gasteiger charge is -2.40. The Kier molecular flexibility index (Phi) is 52.6. The lowest BCUT2D eigenvalue weighted by atomic mass is 10.1. The van der Waals surface area contributed by atoms with E-state index in [0.29, 0.717) is 9.79 Å². The van der Waals surface area contributed by atoms with Crippen LogP contribution in [0.15, 0.2) is 58.3 Å². The van der Waals surface area contributed by atoms with Gasteiger partial charge >= 0.3 is 11.9 Å².